The molecule has 1 N–H and O–H groups in total. The molecule has 0 spiro atoms. The standard InChI is InChI=1S/C26H29ClF3N3O3S/c1-16(2)36-23(34)17-6-9-19(10-7-17)31-24(35)33-15-25(3,12-5-13-37-4)22(32-33)18-8-11-20(21(27)14-18)26(28,29)30/h6-11,14,16H,5,12-13,15H2,1-4H3,(H,31,35). The average molecular weight is 556 g/mol. The highest BCUT2D eigenvalue weighted by Crippen LogP contribution is 2.39. The molecule has 1 atom stereocenters. The smallest absolute Gasteiger partial charge is 0.417 e. The second kappa shape index (κ2) is 11.8. The normalized spacial score (nSPS) is 17.6. The number of ether oxygens (including phenoxy) is 1. The molecule has 11 heteroatoms. The van der Waals surface area contributed by atoms with Gasteiger partial charge in [0.25, 0.3) is 0 Å². The lowest BCUT2D eigenvalue weighted by Gasteiger charge is -2.26. The number of nitrogens with one attached hydrogen (secondary N) is 1. The average Bonchev–Trinajstić information content (AvgIpc) is 3.16. The van der Waals surface area contributed by atoms with Gasteiger partial charge in [0.15, 0.2) is 0 Å². The van der Waals surface area contributed by atoms with Crippen molar-refractivity contribution in [3.8, 4) is 0 Å². The van der Waals surface area contributed by atoms with Crippen LogP contribution in [0.1, 0.15) is 55.1 Å². The Morgan fingerprint density at radius 1 is 1.22 bits per heavy atom. The molecule has 0 radical (unpaired) electrons. The maximum atomic E-state index is 13.2. The summed E-state index contributed by atoms with van der Waals surface area (Å²) in [5, 5.41) is 8.13. The SMILES string of the molecule is CSCCCC1(C)CN(C(=O)Nc2ccc(C(=O)OC(C)C)cc2)N=C1c1ccc(C(F)(F)F)c(Cl)c1. The van der Waals surface area contributed by atoms with Crippen molar-refractivity contribution in [3.63, 3.8) is 0 Å². The molecule has 1 aliphatic rings. The van der Waals surface area contributed by atoms with Gasteiger partial charge in [0.1, 0.15) is 0 Å². The Bertz CT molecular complexity index is 1170. The van der Waals surface area contributed by atoms with E-state index in [1.54, 1.807) is 49.9 Å². The molecular formula is C26H29ClF3N3O3S. The van der Waals surface area contributed by atoms with Crippen LogP contribution in [0.4, 0.5) is 23.7 Å². The van der Waals surface area contributed by atoms with Crippen LogP contribution in [0, 0.1) is 5.41 Å². The van der Waals surface area contributed by atoms with Gasteiger partial charge in [-0.2, -0.15) is 30.0 Å². The quantitative estimate of drug-likeness (QED) is 0.273. The molecule has 3 rings (SSSR count). The van der Waals surface area contributed by atoms with Crippen molar-refractivity contribution in [2.45, 2.75) is 45.9 Å². The van der Waals surface area contributed by atoms with E-state index in [1.165, 1.54) is 17.1 Å². The molecule has 0 bridgehead atoms. The number of rotatable bonds is 8. The Hall–Kier alpha value is -2.72. The summed E-state index contributed by atoms with van der Waals surface area (Å²) in [5.41, 5.74) is 0.251. The van der Waals surface area contributed by atoms with Gasteiger partial charge in [0.05, 0.1) is 34.5 Å². The lowest BCUT2D eigenvalue weighted by atomic mass is 9.78. The van der Waals surface area contributed by atoms with E-state index in [9.17, 15) is 22.8 Å². The van der Waals surface area contributed by atoms with Crippen LogP contribution in [0.25, 0.3) is 0 Å². The summed E-state index contributed by atoms with van der Waals surface area (Å²) >= 11 is 7.67. The Kier molecular flexibility index (Phi) is 9.18. The molecule has 2 amide bonds. The van der Waals surface area contributed by atoms with Gasteiger partial charge in [-0.25, -0.2) is 14.6 Å². The first-order chi connectivity index (χ1) is 17.3. The van der Waals surface area contributed by atoms with Crippen molar-refractivity contribution >= 4 is 46.8 Å². The molecule has 0 aliphatic carbocycles. The van der Waals surface area contributed by atoms with Crippen LogP contribution < -0.4 is 5.32 Å². The van der Waals surface area contributed by atoms with E-state index >= 15 is 0 Å². The number of thioether (sulfide) groups is 1. The number of nitrogens with zero attached hydrogens (tertiary/aromatic N) is 2. The number of urea groups is 1. The third-order valence-electron chi connectivity index (χ3n) is 5.87. The number of hydrogen-bond acceptors (Lipinski definition) is 5. The van der Waals surface area contributed by atoms with Gasteiger partial charge in [-0.05, 0) is 80.7 Å². The predicted molar refractivity (Wildman–Crippen MR) is 141 cm³/mol. The molecule has 0 saturated carbocycles. The van der Waals surface area contributed by atoms with Crippen LogP contribution in [0.5, 0.6) is 0 Å². The number of carbonyl (C=O) groups excluding carboxylic acids is 2. The highest BCUT2D eigenvalue weighted by Gasteiger charge is 2.42. The van der Waals surface area contributed by atoms with Crippen molar-refractivity contribution in [1.82, 2.24) is 5.01 Å². The van der Waals surface area contributed by atoms with E-state index in [2.05, 4.69) is 10.4 Å². The Labute approximate surface area is 223 Å². The number of hydrazone groups is 1. The molecule has 0 fully saturated rings. The molecule has 6 nitrogen and oxygen atoms in total. The van der Waals surface area contributed by atoms with Crippen LogP contribution in [0.15, 0.2) is 47.6 Å². The van der Waals surface area contributed by atoms with E-state index in [-0.39, 0.29) is 12.6 Å². The molecule has 1 aliphatic heterocycles. The van der Waals surface area contributed by atoms with E-state index in [1.807, 2.05) is 13.2 Å². The topological polar surface area (TPSA) is 71.0 Å². The molecule has 2 aromatic carbocycles. The Morgan fingerprint density at radius 3 is 2.46 bits per heavy atom. The summed E-state index contributed by atoms with van der Waals surface area (Å²) in [6.07, 6.45) is -1.30. The van der Waals surface area contributed by atoms with Gasteiger partial charge in [0.2, 0.25) is 0 Å². The van der Waals surface area contributed by atoms with Crippen LogP contribution >= 0.6 is 23.4 Å². The Morgan fingerprint density at radius 2 is 1.89 bits per heavy atom. The van der Waals surface area contributed by atoms with Crippen LogP contribution in [0.2, 0.25) is 5.02 Å². The monoisotopic (exact) mass is 555 g/mol. The molecular weight excluding hydrogens is 527 g/mol. The van der Waals surface area contributed by atoms with E-state index in [0.29, 0.717) is 28.9 Å². The van der Waals surface area contributed by atoms with Crippen LogP contribution in [-0.4, -0.2) is 47.4 Å². The molecule has 37 heavy (non-hydrogen) atoms. The number of benzene rings is 2. The number of alkyl halides is 3. The zero-order valence-electron chi connectivity index (χ0n) is 21.0. The summed E-state index contributed by atoms with van der Waals surface area (Å²) in [6, 6.07) is 9.32. The Balaban J connectivity index is 1.83. The number of carbonyl (C=O) groups is 2. The van der Waals surface area contributed by atoms with Gasteiger partial charge in [0, 0.05) is 11.1 Å². The molecule has 1 heterocycles. The van der Waals surface area contributed by atoms with Crippen molar-refractivity contribution in [2.75, 3.05) is 23.9 Å². The molecule has 0 saturated heterocycles. The molecule has 0 aromatic heterocycles. The first-order valence-corrected chi connectivity index (χ1v) is 13.5. The van der Waals surface area contributed by atoms with Crippen LogP contribution in [-0.2, 0) is 10.9 Å². The molecule has 200 valence electrons. The van der Waals surface area contributed by atoms with Crippen molar-refractivity contribution < 1.29 is 27.5 Å². The summed E-state index contributed by atoms with van der Waals surface area (Å²) in [5.74, 6) is 0.437. The number of anilines is 1. The van der Waals surface area contributed by atoms with E-state index in [0.717, 1.165) is 18.2 Å². The fourth-order valence-corrected chi connectivity index (χ4v) is 4.78. The maximum Gasteiger partial charge on any atom is 0.417 e. The fourth-order valence-electron chi connectivity index (χ4n) is 4.06. The zero-order chi connectivity index (χ0) is 27.4. The molecule has 2 aromatic rings. The van der Waals surface area contributed by atoms with E-state index in [4.69, 9.17) is 16.3 Å². The third-order valence-corrected chi connectivity index (χ3v) is 6.87. The lowest BCUT2D eigenvalue weighted by Crippen LogP contribution is -2.36. The number of hydrogen-bond donors (Lipinski definition) is 1. The van der Waals surface area contributed by atoms with Crippen molar-refractivity contribution in [3.05, 3.63) is 64.2 Å². The maximum absolute atomic E-state index is 13.2. The van der Waals surface area contributed by atoms with Gasteiger partial charge >= 0.3 is 18.2 Å². The summed E-state index contributed by atoms with van der Waals surface area (Å²) in [6.45, 7) is 5.70. The number of amides is 2. The minimum atomic E-state index is -4.57. The first kappa shape index (κ1) is 28.8. The highest BCUT2D eigenvalue weighted by atomic mass is 35.5. The summed E-state index contributed by atoms with van der Waals surface area (Å²) in [7, 11) is 0. The highest BCUT2D eigenvalue weighted by molar-refractivity contribution is 7.98. The third kappa shape index (κ3) is 7.19. The largest absolute Gasteiger partial charge is 0.459 e. The minimum absolute atomic E-state index is 0.250. The van der Waals surface area contributed by atoms with Crippen LogP contribution in [0.3, 0.4) is 0 Å². The summed E-state index contributed by atoms with van der Waals surface area (Å²) in [4.78, 5) is 25.1. The van der Waals surface area contributed by atoms with E-state index < -0.39 is 34.2 Å². The summed E-state index contributed by atoms with van der Waals surface area (Å²) < 4.78 is 44.8. The first-order valence-electron chi connectivity index (χ1n) is 11.7. The lowest BCUT2D eigenvalue weighted by molar-refractivity contribution is -0.137. The van der Waals surface area contributed by atoms with Crippen molar-refractivity contribution in [1.29, 1.82) is 0 Å². The van der Waals surface area contributed by atoms with Gasteiger partial charge in [-0.15, -0.1) is 0 Å². The fraction of sp³-hybridized carbons (Fsp3) is 0.423. The predicted octanol–water partition coefficient (Wildman–Crippen LogP) is 7.33. The number of halogens is 4. The number of esters is 1. The van der Waals surface area contributed by atoms with Gasteiger partial charge in [-0.3, -0.25) is 0 Å². The molecule has 1 unspecified atom stereocenters. The van der Waals surface area contributed by atoms with Gasteiger partial charge in [-0.1, -0.05) is 24.6 Å². The second-order valence-corrected chi connectivity index (χ2v) is 10.7. The second-order valence-electron chi connectivity index (χ2n) is 9.32. The minimum Gasteiger partial charge on any atom is -0.459 e. The zero-order valence-corrected chi connectivity index (χ0v) is 22.6. The van der Waals surface area contributed by atoms with Crippen molar-refractivity contribution in [2.24, 2.45) is 10.5 Å². The van der Waals surface area contributed by atoms with Gasteiger partial charge < -0.3 is 10.1 Å².